The second kappa shape index (κ2) is 10.0. The fourth-order valence-corrected chi connectivity index (χ4v) is 4.46. The first-order chi connectivity index (χ1) is 12.8. The van der Waals surface area contributed by atoms with Crippen LogP contribution in [0.15, 0.2) is 65.6 Å². The fourth-order valence-electron chi connectivity index (χ4n) is 2.96. The Morgan fingerprint density at radius 1 is 0.926 bits per heavy atom. The summed E-state index contributed by atoms with van der Waals surface area (Å²) >= 11 is 0. The Kier molecular flexibility index (Phi) is 8.02. The SMILES string of the molecule is CC(C)CCN(CC(O)C(C)Cc1ccccc1)S(=O)(=O)c1ccccc1. The Hall–Kier alpha value is -1.69. The molecule has 2 aromatic carbocycles. The van der Waals surface area contributed by atoms with E-state index in [1.54, 1.807) is 30.3 Å². The van der Waals surface area contributed by atoms with Gasteiger partial charge in [-0.05, 0) is 42.4 Å². The smallest absolute Gasteiger partial charge is 0.243 e. The van der Waals surface area contributed by atoms with E-state index in [1.165, 1.54) is 4.31 Å². The Morgan fingerprint density at radius 2 is 1.48 bits per heavy atom. The molecule has 0 aliphatic rings. The topological polar surface area (TPSA) is 57.6 Å². The van der Waals surface area contributed by atoms with Crippen molar-refractivity contribution in [2.75, 3.05) is 13.1 Å². The van der Waals surface area contributed by atoms with Crippen LogP contribution >= 0.6 is 0 Å². The predicted octanol–water partition coefficient (Wildman–Crippen LogP) is 3.96. The molecular formula is C22H31NO3S. The Balaban J connectivity index is 2.13. The lowest BCUT2D eigenvalue weighted by molar-refractivity contribution is 0.0934. The van der Waals surface area contributed by atoms with E-state index in [1.807, 2.05) is 37.3 Å². The summed E-state index contributed by atoms with van der Waals surface area (Å²) in [5.74, 6) is 0.345. The highest BCUT2D eigenvalue weighted by Gasteiger charge is 2.28. The molecule has 5 heteroatoms. The van der Waals surface area contributed by atoms with Crippen LogP contribution in [0.25, 0.3) is 0 Å². The van der Waals surface area contributed by atoms with Crippen LogP contribution in [0.4, 0.5) is 0 Å². The van der Waals surface area contributed by atoms with Crippen molar-refractivity contribution < 1.29 is 13.5 Å². The number of hydrogen-bond acceptors (Lipinski definition) is 3. The summed E-state index contributed by atoms with van der Waals surface area (Å²) in [5.41, 5.74) is 1.14. The minimum Gasteiger partial charge on any atom is -0.391 e. The van der Waals surface area contributed by atoms with E-state index in [0.717, 1.165) is 12.0 Å². The molecule has 27 heavy (non-hydrogen) atoms. The first kappa shape index (κ1) is 21.6. The van der Waals surface area contributed by atoms with Gasteiger partial charge in [-0.2, -0.15) is 4.31 Å². The van der Waals surface area contributed by atoms with Crippen LogP contribution in [0.2, 0.25) is 0 Å². The maximum absolute atomic E-state index is 13.1. The van der Waals surface area contributed by atoms with E-state index >= 15 is 0 Å². The van der Waals surface area contributed by atoms with Crippen LogP contribution in [0.3, 0.4) is 0 Å². The molecule has 0 heterocycles. The number of aliphatic hydroxyl groups is 1. The summed E-state index contributed by atoms with van der Waals surface area (Å²) < 4.78 is 27.6. The highest BCUT2D eigenvalue weighted by molar-refractivity contribution is 7.89. The van der Waals surface area contributed by atoms with Crippen LogP contribution in [0.5, 0.6) is 0 Å². The highest BCUT2D eigenvalue weighted by atomic mass is 32.2. The van der Waals surface area contributed by atoms with E-state index in [2.05, 4.69) is 13.8 Å². The molecule has 0 bridgehead atoms. The van der Waals surface area contributed by atoms with E-state index in [9.17, 15) is 13.5 Å². The van der Waals surface area contributed by atoms with Crippen molar-refractivity contribution >= 4 is 10.0 Å². The summed E-state index contributed by atoms with van der Waals surface area (Å²) in [4.78, 5) is 0.275. The number of aliphatic hydroxyl groups excluding tert-OH is 1. The van der Waals surface area contributed by atoms with Gasteiger partial charge in [0.25, 0.3) is 0 Å². The fraction of sp³-hybridized carbons (Fsp3) is 0.455. The third-order valence-electron chi connectivity index (χ3n) is 4.78. The third-order valence-corrected chi connectivity index (χ3v) is 6.66. The average Bonchev–Trinajstić information content (AvgIpc) is 2.66. The second-order valence-electron chi connectivity index (χ2n) is 7.59. The van der Waals surface area contributed by atoms with E-state index in [0.29, 0.717) is 18.9 Å². The van der Waals surface area contributed by atoms with Crippen LogP contribution in [0.1, 0.15) is 32.8 Å². The molecule has 0 fully saturated rings. The predicted molar refractivity (Wildman–Crippen MR) is 110 cm³/mol. The van der Waals surface area contributed by atoms with Gasteiger partial charge in [0.1, 0.15) is 0 Å². The van der Waals surface area contributed by atoms with Crippen LogP contribution in [-0.2, 0) is 16.4 Å². The van der Waals surface area contributed by atoms with Gasteiger partial charge in [-0.15, -0.1) is 0 Å². The molecule has 2 aromatic rings. The molecule has 2 rings (SSSR count). The number of rotatable bonds is 10. The third kappa shape index (κ3) is 6.45. The Morgan fingerprint density at radius 3 is 2.04 bits per heavy atom. The first-order valence-corrected chi connectivity index (χ1v) is 11.0. The average molecular weight is 390 g/mol. The molecule has 2 unspecified atom stereocenters. The van der Waals surface area contributed by atoms with Crippen LogP contribution in [0, 0.1) is 11.8 Å². The number of sulfonamides is 1. The van der Waals surface area contributed by atoms with Crippen molar-refractivity contribution in [3.05, 3.63) is 66.2 Å². The van der Waals surface area contributed by atoms with Gasteiger partial charge >= 0.3 is 0 Å². The summed E-state index contributed by atoms with van der Waals surface area (Å²) in [6.07, 6.45) is 0.743. The molecule has 0 aliphatic heterocycles. The molecule has 0 amide bonds. The molecule has 0 radical (unpaired) electrons. The van der Waals surface area contributed by atoms with Crippen molar-refractivity contribution in [3.63, 3.8) is 0 Å². The van der Waals surface area contributed by atoms with Gasteiger partial charge in [0.05, 0.1) is 11.0 Å². The standard InChI is InChI=1S/C22H31NO3S/c1-18(2)14-15-23(27(25,26)21-12-8-5-9-13-21)17-22(24)19(3)16-20-10-6-4-7-11-20/h4-13,18-19,22,24H,14-17H2,1-3H3. The number of hydrogen-bond donors (Lipinski definition) is 1. The van der Waals surface area contributed by atoms with Crippen molar-refractivity contribution in [3.8, 4) is 0 Å². The molecule has 0 saturated carbocycles. The molecule has 0 spiro atoms. The molecule has 4 nitrogen and oxygen atoms in total. The van der Waals surface area contributed by atoms with Gasteiger partial charge in [-0.3, -0.25) is 0 Å². The van der Waals surface area contributed by atoms with Crippen molar-refractivity contribution in [2.24, 2.45) is 11.8 Å². The molecule has 0 aliphatic carbocycles. The summed E-state index contributed by atoms with van der Waals surface area (Å²) in [6, 6.07) is 18.4. The molecule has 0 saturated heterocycles. The molecule has 1 N–H and O–H groups in total. The number of nitrogens with zero attached hydrogens (tertiary/aromatic N) is 1. The maximum Gasteiger partial charge on any atom is 0.243 e. The number of benzene rings is 2. The summed E-state index contributed by atoms with van der Waals surface area (Å²) in [5, 5.41) is 10.7. The van der Waals surface area contributed by atoms with Gasteiger partial charge in [0.15, 0.2) is 0 Å². The lowest BCUT2D eigenvalue weighted by Gasteiger charge is -2.28. The van der Waals surface area contributed by atoms with Gasteiger partial charge in [0.2, 0.25) is 10.0 Å². The van der Waals surface area contributed by atoms with Gasteiger partial charge in [0, 0.05) is 13.1 Å². The van der Waals surface area contributed by atoms with E-state index in [-0.39, 0.29) is 17.4 Å². The minimum absolute atomic E-state index is 0.0417. The van der Waals surface area contributed by atoms with Crippen molar-refractivity contribution in [1.29, 1.82) is 0 Å². The zero-order chi connectivity index (χ0) is 19.9. The quantitative estimate of drug-likeness (QED) is 0.669. The van der Waals surface area contributed by atoms with Crippen molar-refractivity contribution in [2.45, 2.75) is 44.6 Å². The molecule has 0 aromatic heterocycles. The lowest BCUT2D eigenvalue weighted by atomic mass is 9.96. The first-order valence-electron chi connectivity index (χ1n) is 9.58. The zero-order valence-electron chi connectivity index (χ0n) is 16.5. The summed E-state index contributed by atoms with van der Waals surface area (Å²) in [6.45, 7) is 6.62. The van der Waals surface area contributed by atoms with Crippen LogP contribution < -0.4 is 0 Å². The lowest BCUT2D eigenvalue weighted by Crippen LogP contribution is -2.41. The summed E-state index contributed by atoms with van der Waals surface area (Å²) in [7, 11) is -3.62. The molecule has 148 valence electrons. The normalized spacial score (nSPS) is 14.4. The Bertz CT molecular complexity index is 776. The monoisotopic (exact) mass is 389 g/mol. The van der Waals surface area contributed by atoms with Gasteiger partial charge in [-0.1, -0.05) is 69.3 Å². The maximum atomic E-state index is 13.1. The highest BCUT2D eigenvalue weighted by Crippen LogP contribution is 2.20. The second-order valence-corrected chi connectivity index (χ2v) is 9.53. The van der Waals surface area contributed by atoms with Crippen LogP contribution in [-0.4, -0.2) is 37.0 Å². The van der Waals surface area contributed by atoms with Gasteiger partial charge < -0.3 is 5.11 Å². The largest absolute Gasteiger partial charge is 0.391 e. The molecular weight excluding hydrogens is 358 g/mol. The minimum atomic E-state index is -3.62. The molecule has 2 atom stereocenters. The zero-order valence-corrected chi connectivity index (χ0v) is 17.3. The Labute approximate surface area is 163 Å². The van der Waals surface area contributed by atoms with Crippen molar-refractivity contribution in [1.82, 2.24) is 4.31 Å². The van der Waals surface area contributed by atoms with Gasteiger partial charge in [-0.25, -0.2) is 8.42 Å². The van der Waals surface area contributed by atoms with E-state index in [4.69, 9.17) is 0 Å². The van der Waals surface area contributed by atoms with E-state index < -0.39 is 16.1 Å².